The number of amides is 2. The molecule has 0 spiro atoms. The summed E-state index contributed by atoms with van der Waals surface area (Å²) in [6, 6.07) is 6.40. The van der Waals surface area contributed by atoms with Gasteiger partial charge in [0, 0.05) is 37.1 Å². The smallest absolute Gasteiger partial charge is 0.265 e. The first-order valence-corrected chi connectivity index (χ1v) is 12.0. The molecule has 30 heavy (non-hydrogen) atoms. The maximum absolute atomic E-state index is 13.2. The fraction of sp³-hybridized carbons (Fsp3) is 0.368. The number of aryl methyl sites for hydroxylation is 1. The topological polar surface area (TPSA) is 96.0 Å². The van der Waals surface area contributed by atoms with E-state index in [0.29, 0.717) is 23.7 Å². The third kappa shape index (κ3) is 3.80. The van der Waals surface area contributed by atoms with Gasteiger partial charge in [0.15, 0.2) is 6.10 Å². The molecule has 0 aliphatic carbocycles. The molecule has 0 bridgehead atoms. The standard InChI is InChI=1S/C19H20ClN3O5S2/c1-11-3-4-16(29-11)19(25)22-5-7-23(8-6-22)30(26,27)17-10-15-14(9-13(17)20)21-18(24)12(2)28-15/h3-4,9-10,12H,5-8H2,1-2H3,(H,21,24)/t12-/m1/s1. The van der Waals surface area contributed by atoms with E-state index < -0.39 is 16.1 Å². The lowest BCUT2D eigenvalue weighted by atomic mass is 10.2. The zero-order chi connectivity index (χ0) is 21.6. The van der Waals surface area contributed by atoms with Crippen molar-refractivity contribution in [1.29, 1.82) is 0 Å². The van der Waals surface area contributed by atoms with E-state index in [-0.39, 0.29) is 40.6 Å². The summed E-state index contributed by atoms with van der Waals surface area (Å²) in [5.41, 5.74) is 0.337. The Bertz CT molecular complexity index is 1120. The normalized spacial score (nSPS) is 19.8. The van der Waals surface area contributed by atoms with Gasteiger partial charge in [-0.15, -0.1) is 11.3 Å². The van der Waals surface area contributed by atoms with Gasteiger partial charge in [0.25, 0.3) is 11.8 Å². The molecule has 4 rings (SSSR count). The van der Waals surface area contributed by atoms with Crippen LogP contribution in [-0.4, -0.2) is 61.7 Å². The number of nitrogens with zero attached hydrogens (tertiary/aromatic N) is 2. The fourth-order valence-corrected chi connectivity index (χ4v) is 6.16. The van der Waals surface area contributed by atoms with E-state index in [1.165, 1.54) is 27.8 Å². The van der Waals surface area contributed by atoms with Gasteiger partial charge in [-0.25, -0.2) is 8.42 Å². The van der Waals surface area contributed by atoms with Gasteiger partial charge >= 0.3 is 0 Å². The molecule has 2 aliphatic heterocycles. The second kappa shape index (κ2) is 7.84. The summed E-state index contributed by atoms with van der Waals surface area (Å²) in [4.78, 5) is 27.6. The van der Waals surface area contributed by atoms with Gasteiger partial charge in [-0.2, -0.15) is 4.31 Å². The summed E-state index contributed by atoms with van der Waals surface area (Å²) >= 11 is 7.66. The monoisotopic (exact) mass is 469 g/mol. The molecular weight excluding hydrogens is 450 g/mol. The summed E-state index contributed by atoms with van der Waals surface area (Å²) in [7, 11) is -3.89. The van der Waals surface area contributed by atoms with Gasteiger partial charge in [0.05, 0.1) is 15.6 Å². The van der Waals surface area contributed by atoms with Crippen LogP contribution in [0, 0.1) is 6.92 Å². The summed E-state index contributed by atoms with van der Waals surface area (Å²) < 4.78 is 33.2. The summed E-state index contributed by atoms with van der Waals surface area (Å²) in [6.07, 6.45) is -0.732. The van der Waals surface area contributed by atoms with Crippen LogP contribution in [-0.2, 0) is 14.8 Å². The Morgan fingerprint density at radius 2 is 1.93 bits per heavy atom. The number of fused-ring (bicyclic) bond motifs is 1. The van der Waals surface area contributed by atoms with Crippen molar-refractivity contribution in [2.45, 2.75) is 24.8 Å². The van der Waals surface area contributed by atoms with Crippen molar-refractivity contribution in [3.05, 3.63) is 39.0 Å². The van der Waals surface area contributed by atoms with Crippen LogP contribution >= 0.6 is 22.9 Å². The first kappa shape index (κ1) is 21.1. The first-order chi connectivity index (χ1) is 14.2. The number of thiophene rings is 1. The van der Waals surface area contributed by atoms with Crippen LogP contribution in [0.25, 0.3) is 0 Å². The van der Waals surface area contributed by atoms with Gasteiger partial charge in [-0.05, 0) is 32.0 Å². The number of carbonyl (C=O) groups excluding carboxylic acids is 2. The van der Waals surface area contributed by atoms with Crippen molar-refractivity contribution < 1.29 is 22.7 Å². The Labute approximate surface area is 183 Å². The third-order valence-corrected chi connectivity index (χ3v) is 8.41. The van der Waals surface area contributed by atoms with Crippen LogP contribution < -0.4 is 10.1 Å². The molecule has 8 nitrogen and oxygen atoms in total. The van der Waals surface area contributed by atoms with E-state index in [1.54, 1.807) is 17.9 Å². The molecule has 0 radical (unpaired) electrons. The van der Waals surface area contributed by atoms with Crippen molar-refractivity contribution in [2.75, 3.05) is 31.5 Å². The quantitative estimate of drug-likeness (QED) is 0.745. The van der Waals surface area contributed by atoms with E-state index in [2.05, 4.69) is 5.32 Å². The number of hydrogen-bond acceptors (Lipinski definition) is 6. The highest BCUT2D eigenvalue weighted by atomic mass is 35.5. The van der Waals surface area contributed by atoms with Gasteiger partial charge in [0.1, 0.15) is 10.6 Å². The SMILES string of the molecule is Cc1ccc(C(=O)N2CCN(S(=O)(=O)c3cc4c(cc3Cl)NC(=O)[C@@H](C)O4)CC2)s1. The molecule has 3 heterocycles. The minimum atomic E-state index is -3.89. The minimum absolute atomic E-state index is 0.000213. The third-order valence-electron chi connectivity index (χ3n) is 5.06. The number of halogens is 1. The Morgan fingerprint density at radius 1 is 1.23 bits per heavy atom. The number of rotatable bonds is 3. The van der Waals surface area contributed by atoms with Crippen molar-refractivity contribution >= 4 is 50.5 Å². The van der Waals surface area contributed by atoms with E-state index in [9.17, 15) is 18.0 Å². The average molecular weight is 470 g/mol. The number of anilines is 1. The van der Waals surface area contributed by atoms with Crippen LogP contribution in [0.4, 0.5) is 5.69 Å². The molecule has 1 aromatic heterocycles. The second-order valence-electron chi connectivity index (χ2n) is 7.13. The fourth-order valence-electron chi connectivity index (χ4n) is 3.38. The van der Waals surface area contributed by atoms with Gasteiger partial charge in [-0.3, -0.25) is 9.59 Å². The number of carbonyl (C=O) groups is 2. The number of nitrogens with one attached hydrogen (secondary N) is 1. The van der Waals surface area contributed by atoms with E-state index >= 15 is 0 Å². The molecule has 1 N–H and O–H groups in total. The van der Waals surface area contributed by atoms with E-state index in [4.69, 9.17) is 16.3 Å². The van der Waals surface area contributed by atoms with E-state index in [0.717, 1.165) is 4.88 Å². The highest BCUT2D eigenvalue weighted by Gasteiger charge is 2.34. The van der Waals surface area contributed by atoms with Crippen LogP contribution in [0.1, 0.15) is 21.5 Å². The molecule has 11 heteroatoms. The average Bonchev–Trinajstić information content (AvgIpc) is 3.14. The number of piperazine rings is 1. The first-order valence-electron chi connectivity index (χ1n) is 9.34. The molecule has 1 atom stereocenters. The number of sulfonamides is 1. The van der Waals surface area contributed by atoms with Crippen molar-refractivity contribution in [2.24, 2.45) is 0 Å². The second-order valence-corrected chi connectivity index (χ2v) is 10.7. The molecule has 2 aliphatic rings. The summed E-state index contributed by atoms with van der Waals surface area (Å²) in [5.74, 6) is -0.155. The zero-order valence-corrected chi connectivity index (χ0v) is 18.7. The van der Waals surface area contributed by atoms with Crippen LogP contribution in [0.2, 0.25) is 5.02 Å². The van der Waals surface area contributed by atoms with Crippen molar-refractivity contribution in [1.82, 2.24) is 9.21 Å². The maximum atomic E-state index is 13.2. The molecule has 1 aromatic carbocycles. The molecule has 0 unspecified atom stereocenters. The lowest BCUT2D eigenvalue weighted by Crippen LogP contribution is -2.50. The Hall–Kier alpha value is -2.14. The minimum Gasteiger partial charge on any atom is -0.479 e. The molecule has 1 fully saturated rings. The maximum Gasteiger partial charge on any atom is 0.265 e. The largest absolute Gasteiger partial charge is 0.479 e. The lowest BCUT2D eigenvalue weighted by molar-refractivity contribution is -0.122. The molecule has 160 valence electrons. The number of hydrogen-bond donors (Lipinski definition) is 1. The van der Waals surface area contributed by atoms with Crippen molar-refractivity contribution in [3.63, 3.8) is 0 Å². The van der Waals surface area contributed by atoms with Crippen LogP contribution in [0.5, 0.6) is 5.75 Å². The molecule has 0 saturated carbocycles. The lowest BCUT2D eigenvalue weighted by Gasteiger charge is -2.34. The Balaban J connectivity index is 1.52. The highest BCUT2D eigenvalue weighted by molar-refractivity contribution is 7.89. The number of benzene rings is 1. The molecule has 2 amide bonds. The summed E-state index contributed by atoms with van der Waals surface area (Å²) in [5, 5.41) is 2.64. The van der Waals surface area contributed by atoms with Crippen LogP contribution in [0.15, 0.2) is 29.2 Å². The van der Waals surface area contributed by atoms with Gasteiger partial charge in [-0.1, -0.05) is 11.6 Å². The van der Waals surface area contributed by atoms with Crippen LogP contribution in [0.3, 0.4) is 0 Å². The Morgan fingerprint density at radius 3 is 2.57 bits per heavy atom. The Kier molecular flexibility index (Phi) is 5.52. The molecule has 2 aromatic rings. The highest BCUT2D eigenvalue weighted by Crippen LogP contribution is 2.38. The summed E-state index contributed by atoms with van der Waals surface area (Å²) in [6.45, 7) is 4.43. The molecular formula is C19H20ClN3O5S2. The molecule has 1 saturated heterocycles. The number of ether oxygens (including phenoxy) is 1. The predicted molar refractivity (Wildman–Crippen MR) is 114 cm³/mol. The zero-order valence-electron chi connectivity index (χ0n) is 16.3. The van der Waals surface area contributed by atoms with Gasteiger partial charge < -0.3 is 15.0 Å². The van der Waals surface area contributed by atoms with E-state index in [1.807, 2.05) is 13.0 Å². The van der Waals surface area contributed by atoms with Gasteiger partial charge in [0.2, 0.25) is 10.0 Å². The predicted octanol–water partition coefficient (Wildman–Crippen LogP) is 2.58. The van der Waals surface area contributed by atoms with Crippen molar-refractivity contribution in [3.8, 4) is 5.75 Å².